The van der Waals surface area contributed by atoms with E-state index >= 15 is 0 Å². The summed E-state index contributed by atoms with van der Waals surface area (Å²) in [6.45, 7) is 8.26. The molecule has 0 aliphatic heterocycles. The summed E-state index contributed by atoms with van der Waals surface area (Å²) in [6, 6.07) is 22.1. The molecule has 0 saturated heterocycles. The quantitative estimate of drug-likeness (QED) is 0.196. The molecule has 3 aromatic heterocycles. The third-order valence-corrected chi connectivity index (χ3v) is 7.33. The molecule has 5 aromatic rings. The van der Waals surface area contributed by atoms with Gasteiger partial charge >= 0.3 is 0 Å². The first-order chi connectivity index (χ1) is 17.4. The van der Waals surface area contributed by atoms with E-state index in [4.69, 9.17) is 0 Å². The Morgan fingerprint density at radius 1 is 0.806 bits per heavy atom. The molecule has 36 heavy (non-hydrogen) atoms. The molecule has 0 saturated carbocycles. The molecule has 0 atom stereocenters. The van der Waals surface area contributed by atoms with Crippen LogP contribution in [0.2, 0.25) is 0 Å². The summed E-state index contributed by atoms with van der Waals surface area (Å²) in [6.07, 6.45) is 3.47. The van der Waals surface area contributed by atoms with Crippen molar-refractivity contribution in [3.63, 3.8) is 0 Å². The van der Waals surface area contributed by atoms with Gasteiger partial charge in [0.25, 0.3) is 0 Å². The van der Waals surface area contributed by atoms with Gasteiger partial charge in [-0.1, -0.05) is 36.0 Å². The van der Waals surface area contributed by atoms with Crippen molar-refractivity contribution in [2.75, 3.05) is 5.75 Å². The lowest BCUT2D eigenvalue weighted by atomic mass is 10.1. The van der Waals surface area contributed by atoms with Gasteiger partial charge in [-0.2, -0.15) is 0 Å². The van der Waals surface area contributed by atoms with Crippen LogP contribution in [0.3, 0.4) is 0 Å². The Labute approximate surface area is 215 Å². The van der Waals surface area contributed by atoms with Crippen LogP contribution in [0.5, 0.6) is 0 Å². The molecule has 0 aliphatic rings. The van der Waals surface area contributed by atoms with Crippen LogP contribution in [-0.4, -0.2) is 35.9 Å². The number of benzene rings is 2. The molecular formula is C29H27N5OS. The molecular weight excluding hydrogens is 466 g/mol. The Balaban J connectivity index is 1.44. The lowest BCUT2D eigenvalue weighted by Crippen LogP contribution is -2.07. The molecule has 3 heterocycles. The average molecular weight is 494 g/mol. The van der Waals surface area contributed by atoms with Crippen molar-refractivity contribution in [2.24, 2.45) is 0 Å². The number of hydrogen-bond acceptors (Lipinski definition) is 5. The molecule has 6 nitrogen and oxygen atoms in total. The minimum absolute atomic E-state index is 0.0660. The normalized spacial score (nSPS) is 11.1. The fourth-order valence-corrected chi connectivity index (χ4v) is 5.21. The molecule has 0 aliphatic carbocycles. The predicted octanol–water partition coefficient (Wildman–Crippen LogP) is 6.33. The minimum atomic E-state index is 0.0660. The highest BCUT2D eigenvalue weighted by Gasteiger charge is 2.20. The molecule has 7 heteroatoms. The van der Waals surface area contributed by atoms with Crippen LogP contribution >= 0.6 is 11.8 Å². The summed E-state index contributed by atoms with van der Waals surface area (Å²) >= 11 is 1.40. The second-order valence-corrected chi connectivity index (χ2v) is 9.76. The first kappa shape index (κ1) is 23.8. The van der Waals surface area contributed by atoms with E-state index in [9.17, 15) is 4.79 Å². The fourth-order valence-electron chi connectivity index (χ4n) is 4.38. The van der Waals surface area contributed by atoms with Crippen LogP contribution in [-0.2, 0) is 0 Å². The van der Waals surface area contributed by atoms with Gasteiger partial charge < -0.3 is 4.57 Å². The molecule has 0 N–H and O–H groups in total. The van der Waals surface area contributed by atoms with Crippen molar-refractivity contribution in [2.45, 2.75) is 32.9 Å². The van der Waals surface area contributed by atoms with Crippen molar-refractivity contribution in [3.05, 3.63) is 107 Å². The third kappa shape index (κ3) is 4.50. The summed E-state index contributed by atoms with van der Waals surface area (Å²) in [5.41, 5.74) is 8.13. The smallest absolute Gasteiger partial charge is 0.196 e. The molecule has 5 rings (SSSR count). The highest BCUT2D eigenvalue weighted by Crippen LogP contribution is 2.29. The highest BCUT2D eigenvalue weighted by molar-refractivity contribution is 7.99. The molecule has 2 aromatic carbocycles. The topological polar surface area (TPSA) is 65.6 Å². The van der Waals surface area contributed by atoms with Gasteiger partial charge in [0.2, 0.25) is 0 Å². The number of carbonyl (C=O) groups is 1. The zero-order valence-corrected chi connectivity index (χ0v) is 21.6. The van der Waals surface area contributed by atoms with Crippen molar-refractivity contribution >= 4 is 17.5 Å². The Morgan fingerprint density at radius 3 is 2.28 bits per heavy atom. The number of para-hydroxylation sites is 1. The minimum Gasteiger partial charge on any atom is -0.318 e. The SMILES string of the molecule is Cc1ccc(-n2c(C)cc(C(=O)CSc3nnc(-c4ccncc4)n3-c3ccccc3)c2C)cc1C. The van der Waals surface area contributed by atoms with Crippen LogP contribution in [0.25, 0.3) is 22.8 Å². The largest absolute Gasteiger partial charge is 0.318 e. The monoisotopic (exact) mass is 493 g/mol. The number of thioether (sulfide) groups is 1. The number of pyridine rings is 1. The number of hydrogen-bond donors (Lipinski definition) is 0. The van der Waals surface area contributed by atoms with E-state index < -0.39 is 0 Å². The maximum atomic E-state index is 13.4. The zero-order valence-electron chi connectivity index (χ0n) is 20.8. The first-order valence-corrected chi connectivity index (χ1v) is 12.8. The number of Topliss-reactive ketones (excluding diaryl/α,β-unsaturated/α-hetero) is 1. The summed E-state index contributed by atoms with van der Waals surface area (Å²) in [7, 11) is 0. The van der Waals surface area contributed by atoms with Gasteiger partial charge in [0.15, 0.2) is 16.8 Å². The second-order valence-electron chi connectivity index (χ2n) is 8.81. The van der Waals surface area contributed by atoms with Gasteiger partial charge in [-0.05, 0) is 81.3 Å². The van der Waals surface area contributed by atoms with Gasteiger partial charge in [0.05, 0.1) is 5.75 Å². The number of aromatic nitrogens is 5. The number of nitrogens with zero attached hydrogens (tertiary/aromatic N) is 5. The number of rotatable bonds is 7. The summed E-state index contributed by atoms with van der Waals surface area (Å²) in [5.74, 6) is 1.04. The van der Waals surface area contributed by atoms with Crippen molar-refractivity contribution in [3.8, 4) is 22.8 Å². The van der Waals surface area contributed by atoms with Gasteiger partial charge in [0, 0.05) is 46.3 Å². The Morgan fingerprint density at radius 2 is 1.56 bits per heavy atom. The second kappa shape index (κ2) is 9.95. The number of ketones is 1. The Kier molecular flexibility index (Phi) is 6.57. The van der Waals surface area contributed by atoms with E-state index in [-0.39, 0.29) is 11.5 Å². The first-order valence-electron chi connectivity index (χ1n) is 11.8. The Hall–Kier alpha value is -3.97. The molecule has 180 valence electrons. The maximum Gasteiger partial charge on any atom is 0.196 e. The van der Waals surface area contributed by atoms with Crippen molar-refractivity contribution in [1.82, 2.24) is 24.3 Å². The molecule has 0 radical (unpaired) electrons. The van der Waals surface area contributed by atoms with E-state index in [1.54, 1.807) is 12.4 Å². The van der Waals surface area contributed by atoms with E-state index in [0.29, 0.717) is 11.0 Å². The summed E-state index contributed by atoms with van der Waals surface area (Å²) in [5, 5.41) is 9.57. The van der Waals surface area contributed by atoms with Gasteiger partial charge in [0.1, 0.15) is 0 Å². The lowest BCUT2D eigenvalue weighted by Gasteiger charge is -2.12. The van der Waals surface area contributed by atoms with Gasteiger partial charge in [-0.25, -0.2) is 0 Å². The molecule has 0 spiro atoms. The number of carbonyl (C=O) groups excluding carboxylic acids is 1. The number of aryl methyl sites for hydroxylation is 3. The van der Waals surface area contributed by atoms with Crippen LogP contribution in [0.15, 0.2) is 84.3 Å². The van der Waals surface area contributed by atoms with Crippen LogP contribution in [0, 0.1) is 27.7 Å². The molecule has 0 fully saturated rings. The highest BCUT2D eigenvalue weighted by atomic mass is 32.2. The molecule has 0 unspecified atom stereocenters. The van der Waals surface area contributed by atoms with Gasteiger partial charge in [-0.15, -0.1) is 10.2 Å². The maximum absolute atomic E-state index is 13.4. The van der Waals surface area contributed by atoms with Crippen LogP contribution < -0.4 is 0 Å². The molecule has 0 bridgehead atoms. The average Bonchev–Trinajstić information content (AvgIpc) is 3.45. The summed E-state index contributed by atoms with van der Waals surface area (Å²) < 4.78 is 4.14. The molecule has 0 amide bonds. The van der Waals surface area contributed by atoms with E-state index in [2.05, 4.69) is 51.8 Å². The summed E-state index contributed by atoms with van der Waals surface area (Å²) in [4.78, 5) is 17.5. The zero-order chi connectivity index (χ0) is 25.2. The fraction of sp³-hybridized carbons (Fsp3) is 0.172. The lowest BCUT2D eigenvalue weighted by molar-refractivity contribution is 0.102. The van der Waals surface area contributed by atoms with E-state index in [0.717, 1.165) is 33.9 Å². The van der Waals surface area contributed by atoms with Crippen molar-refractivity contribution in [1.29, 1.82) is 0 Å². The van der Waals surface area contributed by atoms with Crippen molar-refractivity contribution < 1.29 is 4.79 Å². The van der Waals surface area contributed by atoms with Crippen LogP contribution in [0.1, 0.15) is 32.9 Å². The standard InChI is InChI=1S/C29H27N5OS/c1-19-10-11-25(16-20(19)2)33-21(3)17-26(22(33)4)27(35)18-36-29-32-31-28(23-12-14-30-15-13-23)34(29)24-8-6-5-7-9-24/h5-17H,18H2,1-4H3. The van der Waals surface area contributed by atoms with E-state index in [1.807, 2.05) is 66.9 Å². The van der Waals surface area contributed by atoms with Gasteiger partial charge in [-0.3, -0.25) is 14.3 Å². The third-order valence-electron chi connectivity index (χ3n) is 6.40. The van der Waals surface area contributed by atoms with E-state index in [1.165, 1.54) is 22.9 Å². The predicted molar refractivity (Wildman–Crippen MR) is 144 cm³/mol. The van der Waals surface area contributed by atoms with Crippen LogP contribution in [0.4, 0.5) is 0 Å². The Bertz CT molecular complexity index is 1540.